The van der Waals surface area contributed by atoms with Gasteiger partial charge < -0.3 is 0 Å². The van der Waals surface area contributed by atoms with Crippen LogP contribution in [-0.2, 0) is 0 Å². The van der Waals surface area contributed by atoms with E-state index in [1.54, 1.807) is 24.4 Å². The minimum Gasteiger partial charge on any atom is -0.293 e. The third-order valence-corrected chi connectivity index (χ3v) is 3.66. The molecule has 0 unspecified atom stereocenters. The van der Waals surface area contributed by atoms with Crippen LogP contribution < -0.4 is 0 Å². The van der Waals surface area contributed by atoms with Gasteiger partial charge >= 0.3 is 0 Å². The maximum atomic E-state index is 12.0. The highest BCUT2D eigenvalue weighted by Crippen LogP contribution is 2.22. The van der Waals surface area contributed by atoms with Crippen molar-refractivity contribution in [3.05, 3.63) is 59.3 Å². The molecule has 0 N–H and O–H groups in total. The number of hydrogen-bond donors (Lipinski definition) is 0. The summed E-state index contributed by atoms with van der Waals surface area (Å²) in [7, 11) is 0. The van der Waals surface area contributed by atoms with Crippen molar-refractivity contribution in [3.8, 4) is 6.07 Å². The van der Waals surface area contributed by atoms with E-state index >= 15 is 0 Å². The third-order valence-electron chi connectivity index (χ3n) is 2.67. The fourth-order valence-corrected chi connectivity index (χ4v) is 2.54. The third kappa shape index (κ3) is 3.21. The van der Waals surface area contributed by atoms with Gasteiger partial charge in [-0.05, 0) is 18.6 Å². The number of carbonyl (C=O) groups is 1. The normalized spacial score (nSPS) is 9.89. The molecule has 0 aliphatic heterocycles. The molecule has 19 heavy (non-hydrogen) atoms. The summed E-state index contributed by atoms with van der Waals surface area (Å²) in [4.78, 5) is 16.1. The van der Waals surface area contributed by atoms with Gasteiger partial charge in [-0.25, -0.2) is 4.98 Å². The molecule has 94 valence electrons. The summed E-state index contributed by atoms with van der Waals surface area (Å²) >= 11 is 1.31. The van der Waals surface area contributed by atoms with Gasteiger partial charge in [0.05, 0.1) is 11.3 Å². The first-order valence-electron chi connectivity index (χ1n) is 5.79. The standard InChI is InChI=1S/C15H12N2OS/c1-11-7-8-17-15(13(11)9-16)19-10-14(18)12-5-3-2-4-6-12/h2-8H,10H2,1H3. The number of rotatable bonds is 4. The summed E-state index contributed by atoms with van der Waals surface area (Å²) in [5.74, 6) is 0.326. The largest absolute Gasteiger partial charge is 0.293 e. The van der Waals surface area contributed by atoms with Gasteiger partial charge in [0, 0.05) is 11.8 Å². The lowest BCUT2D eigenvalue weighted by molar-refractivity contribution is 0.102. The number of pyridine rings is 1. The van der Waals surface area contributed by atoms with Crippen LogP contribution in [0, 0.1) is 18.3 Å². The van der Waals surface area contributed by atoms with Crippen molar-refractivity contribution in [2.75, 3.05) is 5.75 Å². The number of Topliss-reactive ketones (excluding diaryl/α,β-unsaturated/α-hetero) is 1. The summed E-state index contributed by atoms with van der Waals surface area (Å²) in [5.41, 5.74) is 2.11. The van der Waals surface area contributed by atoms with Crippen molar-refractivity contribution in [1.29, 1.82) is 5.26 Å². The number of nitrogens with zero attached hydrogens (tertiary/aromatic N) is 2. The van der Waals surface area contributed by atoms with Crippen molar-refractivity contribution in [2.45, 2.75) is 11.9 Å². The SMILES string of the molecule is Cc1ccnc(SCC(=O)c2ccccc2)c1C#N. The predicted octanol–water partition coefficient (Wildman–Crippen LogP) is 3.24. The molecule has 0 saturated heterocycles. The molecule has 0 bridgehead atoms. The average Bonchev–Trinajstić information content (AvgIpc) is 2.45. The zero-order valence-corrected chi connectivity index (χ0v) is 11.3. The molecule has 0 aliphatic rings. The Morgan fingerprint density at radius 1 is 1.32 bits per heavy atom. The van der Waals surface area contributed by atoms with E-state index in [2.05, 4.69) is 11.1 Å². The van der Waals surface area contributed by atoms with Crippen LogP contribution >= 0.6 is 11.8 Å². The maximum absolute atomic E-state index is 12.0. The highest BCUT2D eigenvalue weighted by molar-refractivity contribution is 8.00. The lowest BCUT2D eigenvalue weighted by Gasteiger charge is -2.04. The first kappa shape index (κ1) is 13.3. The Labute approximate surface area is 116 Å². The summed E-state index contributed by atoms with van der Waals surface area (Å²) in [6, 6.07) is 13.1. The van der Waals surface area contributed by atoms with E-state index in [1.165, 1.54) is 11.8 Å². The Morgan fingerprint density at radius 2 is 2.05 bits per heavy atom. The second-order valence-electron chi connectivity index (χ2n) is 4.00. The Bertz CT molecular complexity index is 632. The van der Waals surface area contributed by atoms with E-state index in [0.717, 1.165) is 5.56 Å². The van der Waals surface area contributed by atoms with Gasteiger partial charge in [-0.1, -0.05) is 42.1 Å². The minimum absolute atomic E-state index is 0.0396. The molecule has 3 nitrogen and oxygen atoms in total. The van der Waals surface area contributed by atoms with Crippen molar-refractivity contribution < 1.29 is 4.79 Å². The van der Waals surface area contributed by atoms with E-state index in [1.807, 2.05) is 25.1 Å². The molecular weight excluding hydrogens is 256 g/mol. The highest BCUT2D eigenvalue weighted by atomic mass is 32.2. The van der Waals surface area contributed by atoms with Gasteiger partial charge in [-0.15, -0.1) is 0 Å². The van der Waals surface area contributed by atoms with Crippen molar-refractivity contribution >= 4 is 17.5 Å². The Balaban J connectivity index is 2.10. The molecule has 4 heteroatoms. The number of nitriles is 1. The van der Waals surface area contributed by atoms with Crippen LogP contribution in [0.3, 0.4) is 0 Å². The number of carbonyl (C=O) groups excluding carboxylic acids is 1. The van der Waals surface area contributed by atoms with Crippen molar-refractivity contribution in [1.82, 2.24) is 4.98 Å². The summed E-state index contributed by atoms with van der Waals surface area (Å²) in [6.45, 7) is 1.86. The van der Waals surface area contributed by atoms with E-state index in [0.29, 0.717) is 16.2 Å². The van der Waals surface area contributed by atoms with Gasteiger partial charge in [0.2, 0.25) is 0 Å². The molecule has 0 spiro atoms. The van der Waals surface area contributed by atoms with Crippen LogP contribution in [0.5, 0.6) is 0 Å². The monoisotopic (exact) mass is 268 g/mol. The number of benzene rings is 1. The number of aromatic nitrogens is 1. The summed E-state index contributed by atoms with van der Waals surface area (Å²) in [6.07, 6.45) is 1.66. The predicted molar refractivity (Wildman–Crippen MR) is 75.2 cm³/mol. The zero-order valence-electron chi connectivity index (χ0n) is 10.5. The molecule has 1 aromatic carbocycles. The van der Waals surface area contributed by atoms with Crippen LogP contribution in [0.4, 0.5) is 0 Å². The van der Waals surface area contributed by atoms with E-state index in [-0.39, 0.29) is 11.5 Å². The van der Waals surface area contributed by atoms with Gasteiger partial charge in [0.1, 0.15) is 11.1 Å². The quantitative estimate of drug-likeness (QED) is 0.631. The molecule has 2 rings (SSSR count). The van der Waals surface area contributed by atoms with Crippen LogP contribution in [0.15, 0.2) is 47.6 Å². The van der Waals surface area contributed by atoms with Crippen LogP contribution in [0.25, 0.3) is 0 Å². The second-order valence-corrected chi connectivity index (χ2v) is 4.96. The van der Waals surface area contributed by atoms with Crippen LogP contribution in [0.2, 0.25) is 0 Å². The average molecular weight is 268 g/mol. The van der Waals surface area contributed by atoms with Gasteiger partial charge in [-0.3, -0.25) is 4.79 Å². The maximum Gasteiger partial charge on any atom is 0.173 e. The zero-order chi connectivity index (χ0) is 13.7. The molecule has 0 amide bonds. The Kier molecular flexibility index (Phi) is 4.32. The molecule has 0 aliphatic carbocycles. The van der Waals surface area contributed by atoms with Gasteiger partial charge in [-0.2, -0.15) is 5.26 Å². The Morgan fingerprint density at radius 3 is 2.74 bits per heavy atom. The van der Waals surface area contributed by atoms with Crippen molar-refractivity contribution in [2.24, 2.45) is 0 Å². The number of hydrogen-bond acceptors (Lipinski definition) is 4. The molecule has 0 atom stereocenters. The lowest BCUT2D eigenvalue weighted by Crippen LogP contribution is -2.03. The van der Waals surface area contributed by atoms with E-state index < -0.39 is 0 Å². The molecule has 1 heterocycles. The van der Waals surface area contributed by atoms with Gasteiger partial charge in [0.25, 0.3) is 0 Å². The molecule has 0 saturated carbocycles. The highest BCUT2D eigenvalue weighted by Gasteiger charge is 2.11. The van der Waals surface area contributed by atoms with Crippen LogP contribution in [-0.4, -0.2) is 16.5 Å². The number of thioether (sulfide) groups is 1. The fraction of sp³-hybridized carbons (Fsp3) is 0.133. The fourth-order valence-electron chi connectivity index (χ4n) is 1.62. The lowest BCUT2D eigenvalue weighted by atomic mass is 10.2. The van der Waals surface area contributed by atoms with Gasteiger partial charge in [0.15, 0.2) is 5.78 Å². The second kappa shape index (κ2) is 6.17. The number of aryl methyl sites for hydroxylation is 1. The smallest absolute Gasteiger partial charge is 0.173 e. The number of ketones is 1. The molecule has 1 aromatic heterocycles. The summed E-state index contributed by atoms with van der Waals surface area (Å²) in [5, 5.41) is 9.71. The Hall–Kier alpha value is -2.12. The minimum atomic E-state index is 0.0396. The summed E-state index contributed by atoms with van der Waals surface area (Å²) < 4.78 is 0. The van der Waals surface area contributed by atoms with Crippen molar-refractivity contribution in [3.63, 3.8) is 0 Å². The van der Waals surface area contributed by atoms with Crippen LogP contribution in [0.1, 0.15) is 21.5 Å². The molecule has 2 aromatic rings. The first-order chi connectivity index (χ1) is 9.22. The molecule has 0 radical (unpaired) electrons. The van der Waals surface area contributed by atoms with E-state index in [4.69, 9.17) is 5.26 Å². The topological polar surface area (TPSA) is 53.8 Å². The molecule has 0 fully saturated rings. The molecular formula is C15H12N2OS. The van der Waals surface area contributed by atoms with E-state index in [9.17, 15) is 4.79 Å². The first-order valence-corrected chi connectivity index (χ1v) is 6.77.